The molecule has 0 saturated heterocycles. The third-order valence-corrected chi connectivity index (χ3v) is 6.62. The average Bonchev–Trinajstić information content (AvgIpc) is 3.42. The van der Waals surface area contributed by atoms with Crippen LogP contribution in [-0.4, -0.2) is 32.5 Å². The summed E-state index contributed by atoms with van der Waals surface area (Å²) in [4.78, 5) is 15.4. The summed E-state index contributed by atoms with van der Waals surface area (Å²) in [6, 6.07) is 11.6. The van der Waals surface area contributed by atoms with E-state index >= 15 is 0 Å². The zero-order valence-electron chi connectivity index (χ0n) is 20.6. The number of aromatic amines is 1. The normalized spacial score (nSPS) is 18.7. The molecule has 7 nitrogen and oxygen atoms in total. The van der Waals surface area contributed by atoms with Gasteiger partial charge in [-0.1, -0.05) is 12.1 Å². The molecule has 1 fully saturated rings. The predicted molar refractivity (Wildman–Crippen MR) is 137 cm³/mol. The smallest absolute Gasteiger partial charge is 0.407 e. The Balaban J connectivity index is 1.30. The number of aromatic nitrogens is 3. The number of rotatable bonds is 4. The van der Waals surface area contributed by atoms with Gasteiger partial charge in [0.1, 0.15) is 17.2 Å². The molecule has 1 aliphatic carbocycles. The van der Waals surface area contributed by atoms with Gasteiger partial charge in [-0.3, -0.25) is 4.68 Å². The summed E-state index contributed by atoms with van der Waals surface area (Å²) < 4.78 is 21.7. The molecule has 2 aromatic heterocycles. The van der Waals surface area contributed by atoms with Crippen molar-refractivity contribution in [2.75, 3.05) is 5.32 Å². The summed E-state index contributed by atoms with van der Waals surface area (Å²) in [5.41, 5.74) is 3.26. The van der Waals surface area contributed by atoms with Gasteiger partial charge >= 0.3 is 6.09 Å². The van der Waals surface area contributed by atoms with Gasteiger partial charge in [-0.25, -0.2) is 9.18 Å². The molecule has 0 spiro atoms. The summed E-state index contributed by atoms with van der Waals surface area (Å²) in [5, 5.41) is 12.7. The Morgan fingerprint density at radius 2 is 1.91 bits per heavy atom. The van der Waals surface area contributed by atoms with Crippen LogP contribution in [0.3, 0.4) is 0 Å². The van der Waals surface area contributed by atoms with Crippen LogP contribution in [0.25, 0.3) is 21.8 Å². The van der Waals surface area contributed by atoms with E-state index in [2.05, 4.69) is 26.4 Å². The van der Waals surface area contributed by atoms with Gasteiger partial charge in [-0.2, -0.15) is 5.10 Å². The fourth-order valence-corrected chi connectivity index (χ4v) is 4.95. The zero-order valence-corrected chi connectivity index (χ0v) is 20.6. The van der Waals surface area contributed by atoms with Crippen molar-refractivity contribution in [3.63, 3.8) is 0 Å². The van der Waals surface area contributed by atoms with Crippen molar-refractivity contribution in [3.8, 4) is 0 Å². The predicted octanol–water partition coefficient (Wildman–Crippen LogP) is 6.72. The van der Waals surface area contributed by atoms with Crippen LogP contribution in [-0.2, 0) is 4.74 Å². The number of aryl methyl sites for hydroxylation is 1. The molecular weight excluding hydrogens is 445 g/mol. The Morgan fingerprint density at radius 1 is 1.14 bits per heavy atom. The lowest BCUT2D eigenvalue weighted by atomic mass is 9.91. The Hall–Kier alpha value is -3.55. The third kappa shape index (κ3) is 4.83. The summed E-state index contributed by atoms with van der Waals surface area (Å²) >= 11 is 0. The van der Waals surface area contributed by atoms with Crippen LogP contribution in [0.4, 0.5) is 20.7 Å². The van der Waals surface area contributed by atoms with E-state index in [4.69, 9.17) is 9.84 Å². The van der Waals surface area contributed by atoms with E-state index in [9.17, 15) is 9.18 Å². The highest BCUT2D eigenvalue weighted by atomic mass is 19.1. The van der Waals surface area contributed by atoms with Crippen LogP contribution < -0.4 is 10.6 Å². The molecule has 35 heavy (non-hydrogen) atoms. The lowest BCUT2D eigenvalue weighted by Gasteiger charge is -2.30. The molecule has 5 rings (SSSR count). The van der Waals surface area contributed by atoms with Gasteiger partial charge in [0.25, 0.3) is 0 Å². The minimum atomic E-state index is -0.499. The number of nitrogens with one attached hydrogen (secondary N) is 3. The summed E-state index contributed by atoms with van der Waals surface area (Å²) in [5.74, 6) is 0.500. The number of fused-ring (bicyclic) bond motifs is 2. The highest BCUT2D eigenvalue weighted by Gasteiger charge is 2.27. The number of hydrogen-bond donors (Lipinski definition) is 3. The number of benzene rings is 2. The first-order chi connectivity index (χ1) is 16.7. The number of anilines is 2. The van der Waals surface area contributed by atoms with Crippen LogP contribution in [0, 0.1) is 12.7 Å². The Morgan fingerprint density at radius 3 is 2.63 bits per heavy atom. The highest BCUT2D eigenvalue weighted by molar-refractivity contribution is 5.95. The molecule has 0 aliphatic heterocycles. The van der Waals surface area contributed by atoms with Crippen LogP contribution in [0.2, 0.25) is 0 Å². The number of ether oxygens (including phenoxy) is 1. The molecule has 4 aromatic rings. The van der Waals surface area contributed by atoms with E-state index in [-0.39, 0.29) is 24.0 Å². The number of amides is 1. The molecular formula is C27H32FN5O2. The van der Waals surface area contributed by atoms with Crippen molar-refractivity contribution in [1.82, 2.24) is 20.1 Å². The van der Waals surface area contributed by atoms with Crippen molar-refractivity contribution < 1.29 is 13.9 Å². The van der Waals surface area contributed by atoms with Crippen molar-refractivity contribution >= 4 is 39.4 Å². The molecule has 0 bridgehead atoms. The number of halogens is 1. The van der Waals surface area contributed by atoms with Gasteiger partial charge in [-0.15, -0.1) is 0 Å². The number of carbonyl (C=O) groups is 1. The van der Waals surface area contributed by atoms with Gasteiger partial charge in [0.15, 0.2) is 0 Å². The second-order valence-electron chi connectivity index (χ2n) is 10.4. The molecule has 184 valence electrons. The number of hydrogen-bond acceptors (Lipinski definition) is 4. The van der Waals surface area contributed by atoms with Crippen molar-refractivity contribution in [1.29, 1.82) is 0 Å². The summed E-state index contributed by atoms with van der Waals surface area (Å²) in [6.45, 7) is 7.57. The molecule has 1 saturated carbocycles. The molecule has 0 radical (unpaired) electrons. The van der Waals surface area contributed by atoms with Crippen molar-refractivity contribution in [3.05, 3.63) is 54.0 Å². The van der Waals surface area contributed by atoms with E-state index in [1.165, 1.54) is 6.07 Å². The number of nitrogens with zero attached hydrogens (tertiary/aromatic N) is 2. The molecule has 2 heterocycles. The van der Waals surface area contributed by atoms with Crippen molar-refractivity contribution in [2.24, 2.45) is 0 Å². The largest absolute Gasteiger partial charge is 0.444 e. The Labute approximate surface area is 204 Å². The molecule has 3 N–H and O–H groups in total. The third-order valence-electron chi connectivity index (χ3n) is 6.62. The first kappa shape index (κ1) is 23.2. The Bertz CT molecular complexity index is 1340. The summed E-state index contributed by atoms with van der Waals surface area (Å²) in [7, 11) is 0. The first-order valence-electron chi connectivity index (χ1n) is 12.2. The quantitative estimate of drug-likeness (QED) is 0.305. The average molecular weight is 478 g/mol. The Kier molecular flexibility index (Phi) is 5.91. The van der Waals surface area contributed by atoms with Crippen LogP contribution in [0.1, 0.15) is 58.1 Å². The molecule has 8 heteroatoms. The fraction of sp³-hybridized carbons (Fsp3) is 0.407. The first-order valence-corrected chi connectivity index (χ1v) is 12.2. The molecule has 2 aromatic carbocycles. The highest BCUT2D eigenvalue weighted by Crippen LogP contribution is 2.34. The van der Waals surface area contributed by atoms with E-state index in [1.807, 2.05) is 46.0 Å². The van der Waals surface area contributed by atoms with Gasteiger partial charge in [0, 0.05) is 16.8 Å². The van der Waals surface area contributed by atoms with Crippen LogP contribution in [0.5, 0.6) is 0 Å². The molecule has 0 unspecified atom stereocenters. The molecule has 0 atom stereocenters. The van der Waals surface area contributed by atoms with Gasteiger partial charge in [-0.05, 0) is 83.2 Å². The maximum absolute atomic E-state index is 14.3. The van der Waals surface area contributed by atoms with Crippen LogP contribution in [0.15, 0.2) is 42.6 Å². The second-order valence-corrected chi connectivity index (χ2v) is 10.4. The topological polar surface area (TPSA) is 84.0 Å². The lowest BCUT2D eigenvalue weighted by molar-refractivity contribution is 0.0487. The minimum absolute atomic E-state index is 0.117. The monoisotopic (exact) mass is 477 g/mol. The number of carbonyl (C=O) groups excluding carboxylic acids is 1. The van der Waals surface area contributed by atoms with Gasteiger partial charge in [0.05, 0.1) is 29.0 Å². The maximum atomic E-state index is 14.3. The molecule has 1 aliphatic rings. The molecule has 1 amide bonds. The van der Waals surface area contributed by atoms with E-state index < -0.39 is 5.60 Å². The van der Waals surface area contributed by atoms with E-state index in [1.54, 1.807) is 12.1 Å². The minimum Gasteiger partial charge on any atom is -0.444 e. The lowest BCUT2D eigenvalue weighted by Crippen LogP contribution is -2.41. The van der Waals surface area contributed by atoms with Gasteiger partial charge < -0.3 is 20.4 Å². The van der Waals surface area contributed by atoms with Crippen LogP contribution >= 0.6 is 0 Å². The fourth-order valence-electron chi connectivity index (χ4n) is 4.95. The van der Waals surface area contributed by atoms with Crippen molar-refractivity contribution in [2.45, 2.75) is 71.1 Å². The number of H-pyrrole nitrogens is 1. The summed E-state index contributed by atoms with van der Waals surface area (Å²) in [6.07, 6.45) is 5.14. The zero-order chi connectivity index (χ0) is 24.7. The van der Waals surface area contributed by atoms with Gasteiger partial charge in [0.2, 0.25) is 0 Å². The SMILES string of the molecule is Cc1ccc(F)c2cc(Nc3cccc4c3cnn4[C@H]3CC[C@H](NC(=O)OC(C)(C)C)CC3)[nH]c12. The van der Waals surface area contributed by atoms with E-state index in [0.29, 0.717) is 5.39 Å². The second kappa shape index (κ2) is 8.91. The van der Waals surface area contributed by atoms with E-state index in [0.717, 1.165) is 59.2 Å². The maximum Gasteiger partial charge on any atom is 0.407 e. The standard InChI is InChI=1S/C27H32FN5O2/c1-16-8-13-21(28)19-14-24(32-25(16)19)31-22-6-5-7-23-20(22)15-29-33(23)18-11-9-17(10-12-18)30-26(34)35-27(2,3)4/h5-8,13-15,17-18,31-32H,9-12H2,1-4H3,(H,30,34)/t17-,18-. The number of alkyl carbamates (subject to hydrolysis) is 1.